The molecule has 11 heteroatoms. The third-order valence-corrected chi connectivity index (χ3v) is 2.94. The van der Waals surface area contributed by atoms with Gasteiger partial charge in [-0.15, -0.1) is 11.3 Å². The van der Waals surface area contributed by atoms with Crippen LogP contribution in [0.1, 0.15) is 16.6 Å². The number of carbonyl (C=O) groups excluding carboxylic acids is 1. The minimum Gasteiger partial charge on any atom is -0.390 e. The number of rotatable bonds is 5. The van der Waals surface area contributed by atoms with E-state index in [0.29, 0.717) is 10.6 Å². The second kappa shape index (κ2) is 5.97. The van der Waals surface area contributed by atoms with Crippen molar-refractivity contribution in [2.24, 2.45) is 5.10 Å². The van der Waals surface area contributed by atoms with Crippen molar-refractivity contribution in [3.8, 4) is 0 Å². The largest absolute Gasteiger partial charge is 0.514 e. The topological polar surface area (TPSA) is 128 Å². The van der Waals surface area contributed by atoms with Gasteiger partial charge in [-0.05, 0) is 23.3 Å². The molecule has 1 amide bonds. The predicted octanol–water partition coefficient (Wildman–Crippen LogP) is 0.449. The number of hydrogen-bond acceptors (Lipinski definition) is 8. The van der Waals surface area contributed by atoms with E-state index in [0.717, 1.165) is 4.80 Å². The van der Waals surface area contributed by atoms with E-state index in [1.807, 2.05) is 0 Å². The molecule has 0 spiro atoms. The lowest BCUT2D eigenvalue weighted by Crippen LogP contribution is -2.20. The minimum absolute atomic E-state index is 0.0888. The molecular weight excluding hydrogens is 286 g/mol. The summed E-state index contributed by atoms with van der Waals surface area (Å²) in [5.41, 5.74) is 2.85. The molecule has 0 aliphatic rings. The van der Waals surface area contributed by atoms with E-state index in [4.69, 9.17) is 0 Å². The van der Waals surface area contributed by atoms with E-state index >= 15 is 0 Å². The Balaban J connectivity index is 1.93. The normalized spacial score (nSPS) is 11.3. The van der Waals surface area contributed by atoms with Gasteiger partial charge in [0.15, 0.2) is 0 Å². The van der Waals surface area contributed by atoms with Gasteiger partial charge in [0, 0.05) is 5.21 Å². The van der Waals surface area contributed by atoms with Crippen LogP contribution in [0.25, 0.3) is 0 Å². The minimum atomic E-state index is -0.742. The highest BCUT2D eigenvalue weighted by Crippen LogP contribution is 2.07. The Kier molecular flexibility index (Phi) is 4.10. The molecule has 2 rings (SSSR count). The molecule has 0 aliphatic heterocycles. The van der Waals surface area contributed by atoms with Crippen molar-refractivity contribution < 1.29 is 9.72 Å². The summed E-state index contributed by atoms with van der Waals surface area (Å²) in [5, 5.41) is 26.3. The SMILES string of the molecule is C/C(Cn1nnc([N+](=O)[O-])n1)=N/NC(=O)c1cccs1. The molecular formula is C9H9N7O3S. The Labute approximate surface area is 116 Å². The first-order valence-electron chi connectivity index (χ1n) is 5.35. The molecule has 0 atom stereocenters. The maximum atomic E-state index is 11.6. The van der Waals surface area contributed by atoms with Gasteiger partial charge < -0.3 is 10.1 Å². The van der Waals surface area contributed by atoms with Crippen LogP contribution in [0.4, 0.5) is 5.95 Å². The molecule has 0 unspecified atom stereocenters. The number of hydrogen-bond donors (Lipinski definition) is 1. The maximum Gasteiger partial charge on any atom is 0.514 e. The second-order valence-corrected chi connectivity index (χ2v) is 4.59. The van der Waals surface area contributed by atoms with E-state index in [2.05, 4.69) is 25.9 Å². The van der Waals surface area contributed by atoms with Crippen LogP contribution >= 0.6 is 11.3 Å². The van der Waals surface area contributed by atoms with Crippen molar-refractivity contribution in [1.29, 1.82) is 0 Å². The number of hydrazone groups is 1. The molecule has 20 heavy (non-hydrogen) atoms. The molecule has 0 saturated heterocycles. The fourth-order valence-corrected chi connectivity index (χ4v) is 1.84. The monoisotopic (exact) mass is 295 g/mol. The summed E-state index contributed by atoms with van der Waals surface area (Å²) in [4.78, 5) is 22.8. The van der Waals surface area contributed by atoms with Crippen LogP contribution in [0.2, 0.25) is 0 Å². The number of nitro groups is 1. The highest BCUT2D eigenvalue weighted by atomic mass is 32.1. The molecule has 10 nitrogen and oxygen atoms in total. The molecule has 0 radical (unpaired) electrons. The third kappa shape index (κ3) is 3.41. The molecule has 0 aliphatic carbocycles. The number of carbonyl (C=O) groups is 1. The first kappa shape index (κ1) is 13.7. The zero-order valence-electron chi connectivity index (χ0n) is 10.3. The van der Waals surface area contributed by atoms with E-state index in [1.54, 1.807) is 24.4 Å². The molecule has 2 aromatic heterocycles. The predicted molar refractivity (Wildman–Crippen MR) is 69.4 cm³/mol. The van der Waals surface area contributed by atoms with Crippen molar-refractivity contribution in [3.05, 3.63) is 32.5 Å². The molecule has 0 bridgehead atoms. The van der Waals surface area contributed by atoms with Crippen molar-refractivity contribution in [2.45, 2.75) is 13.5 Å². The molecule has 1 N–H and O–H groups in total. The Morgan fingerprint density at radius 2 is 2.45 bits per heavy atom. The summed E-state index contributed by atoms with van der Waals surface area (Å²) in [6.07, 6.45) is 0. The molecule has 2 heterocycles. The van der Waals surface area contributed by atoms with Crippen LogP contribution in [0.3, 0.4) is 0 Å². The van der Waals surface area contributed by atoms with Crippen LogP contribution in [-0.2, 0) is 6.54 Å². The van der Waals surface area contributed by atoms with Crippen molar-refractivity contribution >= 4 is 28.9 Å². The molecule has 0 saturated carbocycles. The van der Waals surface area contributed by atoms with E-state index in [-0.39, 0.29) is 12.5 Å². The Morgan fingerprint density at radius 3 is 3.05 bits per heavy atom. The van der Waals surface area contributed by atoms with Gasteiger partial charge in [0.25, 0.3) is 5.91 Å². The quantitative estimate of drug-likeness (QED) is 0.484. The summed E-state index contributed by atoms with van der Waals surface area (Å²) >= 11 is 1.30. The van der Waals surface area contributed by atoms with Gasteiger partial charge in [-0.1, -0.05) is 10.9 Å². The van der Waals surface area contributed by atoms with Gasteiger partial charge in [-0.2, -0.15) is 5.10 Å². The number of amides is 1. The highest BCUT2D eigenvalue weighted by molar-refractivity contribution is 7.12. The van der Waals surface area contributed by atoms with Gasteiger partial charge in [-0.25, -0.2) is 5.43 Å². The summed E-state index contributed by atoms with van der Waals surface area (Å²) in [6, 6.07) is 3.43. The number of nitrogens with one attached hydrogen (secondary N) is 1. The van der Waals surface area contributed by atoms with Crippen LogP contribution in [0.15, 0.2) is 22.6 Å². The molecule has 0 aromatic carbocycles. The zero-order valence-corrected chi connectivity index (χ0v) is 11.1. The van der Waals surface area contributed by atoms with E-state index in [1.165, 1.54) is 11.3 Å². The number of tetrazole rings is 1. The molecule has 0 fully saturated rings. The molecule has 2 aromatic rings. The van der Waals surface area contributed by atoms with E-state index in [9.17, 15) is 14.9 Å². The lowest BCUT2D eigenvalue weighted by molar-refractivity contribution is -0.394. The summed E-state index contributed by atoms with van der Waals surface area (Å²) in [5.74, 6) is -0.905. The van der Waals surface area contributed by atoms with Crippen LogP contribution in [-0.4, -0.2) is 36.7 Å². The van der Waals surface area contributed by atoms with Crippen molar-refractivity contribution in [3.63, 3.8) is 0 Å². The van der Waals surface area contributed by atoms with Gasteiger partial charge in [0.05, 0.1) is 20.8 Å². The Hall–Kier alpha value is -2.69. The Bertz CT molecular complexity index is 648. The van der Waals surface area contributed by atoms with Gasteiger partial charge in [0.2, 0.25) is 0 Å². The first-order valence-corrected chi connectivity index (χ1v) is 6.23. The standard InChI is InChI=1S/C9H9N7O3S/c1-6(5-15-13-9(12-14-15)16(18)19)10-11-8(17)7-3-2-4-20-7/h2-4H,5H2,1H3,(H,11,17)/b10-6-. The maximum absolute atomic E-state index is 11.6. The third-order valence-electron chi connectivity index (χ3n) is 2.07. The summed E-state index contributed by atoms with van der Waals surface area (Å²) < 4.78 is 0. The van der Waals surface area contributed by atoms with Gasteiger partial charge >= 0.3 is 5.95 Å². The first-order chi connectivity index (χ1) is 9.56. The van der Waals surface area contributed by atoms with Crippen molar-refractivity contribution in [2.75, 3.05) is 0 Å². The smallest absolute Gasteiger partial charge is 0.390 e. The van der Waals surface area contributed by atoms with Gasteiger partial charge in [0.1, 0.15) is 6.54 Å². The van der Waals surface area contributed by atoms with Crippen LogP contribution in [0, 0.1) is 10.1 Å². The fourth-order valence-electron chi connectivity index (χ4n) is 1.22. The number of nitrogens with zero attached hydrogens (tertiary/aromatic N) is 6. The molecule has 104 valence electrons. The highest BCUT2D eigenvalue weighted by Gasteiger charge is 2.15. The second-order valence-electron chi connectivity index (χ2n) is 3.64. The van der Waals surface area contributed by atoms with Crippen LogP contribution < -0.4 is 5.43 Å². The van der Waals surface area contributed by atoms with Crippen LogP contribution in [0.5, 0.6) is 0 Å². The van der Waals surface area contributed by atoms with Crippen molar-refractivity contribution in [1.82, 2.24) is 25.6 Å². The summed E-state index contributed by atoms with van der Waals surface area (Å²) in [6.45, 7) is 1.72. The number of aromatic nitrogens is 4. The Morgan fingerprint density at radius 1 is 1.65 bits per heavy atom. The zero-order chi connectivity index (χ0) is 14.5. The average Bonchev–Trinajstić information content (AvgIpc) is 3.06. The van der Waals surface area contributed by atoms with Gasteiger partial charge in [-0.3, -0.25) is 4.79 Å². The van der Waals surface area contributed by atoms with E-state index < -0.39 is 10.9 Å². The number of thiophene rings is 1. The average molecular weight is 295 g/mol. The fraction of sp³-hybridized carbons (Fsp3) is 0.222. The lowest BCUT2D eigenvalue weighted by Gasteiger charge is -1.98. The summed E-state index contributed by atoms with van der Waals surface area (Å²) in [7, 11) is 0. The lowest BCUT2D eigenvalue weighted by atomic mass is 10.4.